The number of aliphatic hydroxyl groups excluding tert-OH is 2. The zero-order valence-electron chi connectivity index (χ0n) is 20.3. The number of ether oxygens (including phenoxy) is 1. The lowest BCUT2D eigenvalue weighted by atomic mass is 10.0. The molecule has 1 aliphatic rings. The van der Waals surface area contributed by atoms with Crippen LogP contribution in [0.2, 0.25) is 0 Å². The third kappa shape index (κ3) is 6.55. The number of fused-ring (bicyclic) bond motifs is 1. The van der Waals surface area contributed by atoms with Gasteiger partial charge in [-0.25, -0.2) is 0 Å². The standard InChI is InChI=1S/C27H34N4O4/c1-18(32)19-4-3-5-21(14-19)30-27(34)16-29-20-9-12-31(13-10-20)17-26(33)23-8-11-28-25-7-6-22(35-2)15-24(23)25/h3-8,11,14-15,18,20,26,29,32-33H,9-10,12-13,16-17H2,1-2H3,(H,30,34)/t18?,26-/m0/s1. The van der Waals surface area contributed by atoms with Gasteiger partial charge in [0, 0.05) is 29.9 Å². The molecule has 2 atom stereocenters. The number of anilines is 1. The molecule has 8 nitrogen and oxygen atoms in total. The molecule has 0 aliphatic carbocycles. The van der Waals surface area contributed by atoms with Gasteiger partial charge in [0.1, 0.15) is 5.75 Å². The van der Waals surface area contributed by atoms with Crippen molar-refractivity contribution in [1.29, 1.82) is 0 Å². The highest BCUT2D eigenvalue weighted by Crippen LogP contribution is 2.27. The number of carbonyl (C=O) groups is 1. The maximum atomic E-state index is 12.4. The average Bonchev–Trinajstić information content (AvgIpc) is 2.87. The molecule has 2 aromatic carbocycles. The van der Waals surface area contributed by atoms with Crippen LogP contribution >= 0.6 is 0 Å². The van der Waals surface area contributed by atoms with Crippen LogP contribution in [0.25, 0.3) is 10.9 Å². The summed E-state index contributed by atoms with van der Waals surface area (Å²) in [5.41, 5.74) is 3.14. The highest BCUT2D eigenvalue weighted by atomic mass is 16.5. The maximum absolute atomic E-state index is 12.4. The van der Waals surface area contributed by atoms with Gasteiger partial charge < -0.3 is 30.5 Å². The van der Waals surface area contributed by atoms with Gasteiger partial charge in [-0.15, -0.1) is 0 Å². The Balaban J connectivity index is 1.24. The number of amides is 1. The molecule has 186 valence electrons. The smallest absolute Gasteiger partial charge is 0.238 e. The first-order chi connectivity index (χ1) is 16.9. The third-order valence-corrected chi connectivity index (χ3v) is 6.56. The fraction of sp³-hybridized carbons (Fsp3) is 0.407. The fourth-order valence-corrected chi connectivity index (χ4v) is 4.55. The summed E-state index contributed by atoms with van der Waals surface area (Å²) in [5, 5.41) is 27.8. The number of nitrogens with one attached hydrogen (secondary N) is 2. The number of carbonyl (C=O) groups excluding carboxylic acids is 1. The van der Waals surface area contributed by atoms with Gasteiger partial charge in [-0.3, -0.25) is 9.78 Å². The zero-order chi connectivity index (χ0) is 24.8. The van der Waals surface area contributed by atoms with Gasteiger partial charge in [-0.05, 0) is 80.4 Å². The lowest BCUT2D eigenvalue weighted by Gasteiger charge is -2.33. The summed E-state index contributed by atoms with van der Waals surface area (Å²) in [6, 6.07) is 15.1. The Kier molecular flexibility index (Phi) is 8.30. The first kappa shape index (κ1) is 25.1. The van der Waals surface area contributed by atoms with Crippen molar-refractivity contribution < 1.29 is 19.7 Å². The van der Waals surface area contributed by atoms with Gasteiger partial charge in [0.25, 0.3) is 0 Å². The minimum atomic E-state index is -0.625. The molecule has 8 heteroatoms. The highest BCUT2D eigenvalue weighted by Gasteiger charge is 2.23. The molecule has 1 saturated heterocycles. The minimum Gasteiger partial charge on any atom is -0.497 e. The van der Waals surface area contributed by atoms with E-state index in [4.69, 9.17) is 4.74 Å². The Morgan fingerprint density at radius 1 is 1.17 bits per heavy atom. The summed E-state index contributed by atoms with van der Waals surface area (Å²) < 4.78 is 5.34. The average molecular weight is 479 g/mol. The van der Waals surface area contributed by atoms with Crippen molar-refractivity contribution in [2.75, 3.05) is 38.6 Å². The molecule has 0 radical (unpaired) electrons. The molecule has 35 heavy (non-hydrogen) atoms. The number of piperidine rings is 1. The van der Waals surface area contributed by atoms with Crippen LogP contribution in [0.15, 0.2) is 54.7 Å². The topological polar surface area (TPSA) is 107 Å². The van der Waals surface area contributed by atoms with Crippen molar-refractivity contribution in [1.82, 2.24) is 15.2 Å². The van der Waals surface area contributed by atoms with Crippen molar-refractivity contribution in [3.63, 3.8) is 0 Å². The van der Waals surface area contributed by atoms with Crippen LogP contribution in [0, 0.1) is 0 Å². The van der Waals surface area contributed by atoms with Crippen LogP contribution in [0.5, 0.6) is 5.75 Å². The van der Waals surface area contributed by atoms with E-state index in [9.17, 15) is 15.0 Å². The summed E-state index contributed by atoms with van der Waals surface area (Å²) in [7, 11) is 1.63. The molecular formula is C27H34N4O4. The normalized spacial score (nSPS) is 16.7. The van der Waals surface area contributed by atoms with Gasteiger partial charge in [-0.1, -0.05) is 12.1 Å². The zero-order valence-corrected chi connectivity index (χ0v) is 20.3. The number of pyridine rings is 1. The van der Waals surface area contributed by atoms with Crippen LogP contribution in [0.1, 0.15) is 43.1 Å². The molecule has 2 heterocycles. The number of β-amino-alcohol motifs (C(OH)–C–C–N with tert-alkyl or cyclic N) is 1. The Morgan fingerprint density at radius 3 is 2.71 bits per heavy atom. The van der Waals surface area contributed by atoms with Gasteiger partial charge in [-0.2, -0.15) is 0 Å². The number of likely N-dealkylation sites (tertiary alicyclic amines) is 1. The summed E-state index contributed by atoms with van der Waals surface area (Å²) in [4.78, 5) is 19.0. The van der Waals surface area contributed by atoms with Gasteiger partial charge in [0.2, 0.25) is 5.91 Å². The van der Waals surface area contributed by atoms with Crippen LogP contribution in [-0.4, -0.2) is 65.3 Å². The molecule has 4 N–H and O–H groups in total. The molecule has 1 amide bonds. The van der Waals surface area contributed by atoms with E-state index in [0.717, 1.165) is 53.7 Å². The monoisotopic (exact) mass is 478 g/mol. The summed E-state index contributed by atoms with van der Waals surface area (Å²) in [6.07, 6.45) is 2.34. The van der Waals surface area contributed by atoms with Crippen molar-refractivity contribution in [2.45, 2.75) is 38.0 Å². The number of hydrogen-bond acceptors (Lipinski definition) is 7. The molecule has 1 aromatic heterocycles. The van der Waals surface area contributed by atoms with E-state index in [0.29, 0.717) is 12.2 Å². The van der Waals surface area contributed by atoms with Crippen molar-refractivity contribution in [2.24, 2.45) is 0 Å². The van der Waals surface area contributed by atoms with E-state index in [2.05, 4.69) is 20.5 Å². The molecule has 3 aromatic rings. The van der Waals surface area contributed by atoms with Crippen molar-refractivity contribution in [3.8, 4) is 5.75 Å². The molecule has 4 rings (SSSR count). The number of benzene rings is 2. The SMILES string of the molecule is COc1ccc2nccc([C@@H](O)CN3CCC(NCC(=O)Nc4cccc(C(C)O)c4)CC3)c2c1. The van der Waals surface area contributed by atoms with Crippen LogP contribution in [-0.2, 0) is 4.79 Å². The molecule has 0 bridgehead atoms. The molecule has 1 unspecified atom stereocenters. The first-order valence-corrected chi connectivity index (χ1v) is 12.1. The number of nitrogens with zero attached hydrogens (tertiary/aromatic N) is 2. The van der Waals surface area contributed by atoms with Crippen LogP contribution in [0.4, 0.5) is 5.69 Å². The fourth-order valence-electron chi connectivity index (χ4n) is 4.55. The Bertz CT molecular complexity index is 1140. The second-order valence-corrected chi connectivity index (χ2v) is 9.10. The summed E-state index contributed by atoms with van der Waals surface area (Å²) in [6.45, 7) is 4.17. The third-order valence-electron chi connectivity index (χ3n) is 6.56. The van der Waals surface area contributed by atoms with E-state index in [1.54, 1.807) is 26.3 Å². The molecule has 0 saturated carbocycles. The largest absolute Gasteiger partial charge is 0.497 e. The van der Waals surface area contributed by atoms with Crippen LogP contribution in [0.3, 0.4) is 0 Å². The number of rotatable bonds is 9. The van der Waals surface area contributed by atoms with Crippen molar-refractivity contribution in [3.05, 3.63) is 65.9 Å². The van der Waals surface area contributed by atoms with Crippen molar-refractivity contribution >= 4 is 22.5 Å². The van der Waals surface area contributed by atoms with E-state index < -0.39 is 12.2 Å². The maximum Gasteiger partial charge on any atom is 0.238 e. The van der Waals surface area contributed by atoms with Gasteiger partial charge >= 0.3 is 0 Å². The molecule has 0 spiro atoms. The summed E-state index contributed by atoms with van der Waals surface area (Å²) in [5.74, 6) is 0.635. The lowest BCUT2D eigenvalue weighted by Crippen LogP contribution is -2.45. The van der Waals surface area contributed by atoms with Gasteiger partial charge in [0.15, 0.2) is 0 Å². The quantitative estimate of drug-likeness (QED) is 0.375. The number of hydrogen-bond donors (Lipinski definition) is 4. The summed E-state index contributed by atoms with van der Waals surface area (Å²) >= 11 is 0. The first-order valence-electron chi connectivity index (χ1n) is 12.1. The van der Waals surface area contributed by atoms with E-state index in [1.165, 1.54) is 0 Å². The predicted octanol–water partition coefficient (Wildman–Crippen LogP) is 3.02. The molecular weight excluding hydrogens is 444 g/mol. The van der Waals surface area contributed by atoms with Gasteiger partial charge in [0.05, 0.1) is 31.4 Å². The Morgan fingerprint density at radius 2 is 1.97 bits per heavy atom. The molecule has 1 fully saturated rings. The Hall–Kier alpha value is -3.04. The van der Waals surface area contributed by atoms with E-state index in [1.807, 2.05) is 42.5 Å². The predicted molar refractivity (Wildman–Crippen MR) is 136 cm³/mol. The Labute approximate surface area is 205 Å². The number of aromatic nitrogens is 1. The second kappa shape index (κ2) is 11.6. The lowest BCUT2D eigenvalue weighted by molar-refractivity contribution is -0.115. The molecule has 1 aliphatic heterocycles. The highest BCUT2D eigenvalue weighted by molar-refractivity contribution is 5.92. The minimum absolute atomic E-state index is 0.106. The van der Waals surface area contributed by atoms with E-state index in [-0.39, 0.29) is 18.5 Å². The van der Waals surface area contributed by atoms with Crippen LogP contribution < -0.4 is 15.4 Å². The second-order valence-electron chi connectivity index (χ2n) is 9.10. The number of methoxy groups -OCH3 is 1. The number of aliphatic hydroxyl groups is 2. The van der Waals surface area contributed by atoms with E-state index >= 15 is 0 Å².